The third-order valence-corrected chi connectivity index (χ3v) is 9.65. The van der Waals surface area contributed by atoms with Crippen LogP contribution in [0.4, 0.5) is 0 Å². The Labute approximate surface area is 191 Å². The van der Waals surface area contributed by atoms with Gasteiger partial charge < -0.3 is 4.74 Å². The first-order chi connectivity index (χ1) is 15.3. The van der Waals surface area contributed by atoms with Gasteiger partial charge in [-0.3, -0.25) is 10.1 Å². The molecule has 4 rings (SSSR count). The summed E-state index contributed by atoms with van der Waals surface area (Å²) in [4.78, 5) is 9.08. The zero-order valence-corrected chi connectivity index (χ0v) is 20.0. The third kappa shape index (κ3) is 5.06. The van der Waals surface area contributed by atoms with E-state index in [0.717, 1.165) is 42.6 Å². The number of benzene rings is 1. The zero-order valence-electron chi connectivity index (χ0n) is 18.4. The van der Waals surface area contributed by atoms with Crippen molar-refractivity contribution in [2.24, 2.45) is 16.0 Å². The molecule has 1 aliphatic carbocycles. The molecule has 2 aromatic rings. The van der Waals surface area contributed by atoms with Crippen LogP contribution < -0.4 is 14.6 Å². The normalized spacial score (nSPS) is 27.5. The molecule has 3 atom stereocenters. The number of sulfonamides is 1. The lowest BCUT2D eigenvalue weighted by atomic mass is 9.86. The molecule has 32 heavy (non-hydrogen) atoms. The Morgan fingerprint density at radius 1 is 1.22 bits per heavy atom. The van der Waals surface area contributed by atoms with Crippen LogP contribution in [0.25, 0.3) is 5.70 Å². The number of methoxy groups -OCH3 is 1. The van der Waals surface area contributed by atoms with E-state index in [9.17, 15) is 8.42 Å². The average molecular weight is 475 g/mol. The van der Waals surface area contributed by atoms with Gasteiger partial charge in [0.15, 0.2) is 0 Å². The maximum Gasteiger partial charge on any atom is 0.244 e. The highest BCUT2D eigenvalue weighted by atomic mass is 32.3. The van der Waals surface area contributed by atoms with E-state index >= 15 is 0 Å². The predicted molar refractivity (Wildman–Crippen MR) is 131 cm³/mol. The van der Waals surface area contributed by atoms with E-state index in [-0.39, 0.29) is 16.9 Å². The Morgan fingerprint density at radius 2 is 2.03 bits per heavy atom. The van der Waals surface area contributed by atoms with Crippen molar-refractivity contribution in [3.63, 3.8) is 0 Å². The van der Waals surface area contributed by atoms with Gasteiger partial charge in [-0.2, -0.15) is 0 Å². The molecule has 7 nitrogen and oxygen atoms in total. The number of ether oxygens (including phenoxy) is 1. The van der Waals surface area contributed by atoms with E-state index in [1.807, 2.05) is 42.1 Å². The molecule has 0 spiro atoms. The minimum Gasteiger partial charge on any atom is -0.495 e. The molecule has 3 N–H and O–H groups in total. The second-order valence-electron chi connectivity index (χ2n) is 8.45. The summed E-state index contributed by atoms with van der Waals surface area (Å²) >= 11 is 0. The van der Waals surface area contributed by atoms with Gasteiger partial charge in [0.1, 0.15) is 10.6 Å². The van der Waals surface area contributed by atoms with Crippen molar-refractivity contribution in [3.8, 4) is 5.75 Å². The molecule has 0 saturated heterocycles. The van der Waals surface area contributed by atoms with Gasteiger partial charge in [0.25, 0.3) is 0 Å². The first-order valence-electron chi connectivity index (χ1n) is 10.7. The smallest absolute Gasteiger partial charge is 0.244 e. The van der Waals surface area contributed by atoms with Gasteiger partial charge >= 0.3 is 0 Å². The lowest BCUT2D eigenvalue weighted by Gasteiger charge is -2.37. The van der Waals surface area contributed by atoms with Crippen molar-refractivity contribution in [1.82, 2.24) is 9.71 Å². The number of pyridine rings is 1. The van der Waals surface area contributed by atoms with Gasteiger partial charge in [0.05, 0.1) is 24.0 Å². The summed E-state index contributed by atoms with van der Waals surface area (Å²) in [7, 11) is -3.97. The Balaban J connectivity index is 1.53. The fraction of sp³-hybridized carbons (Fsp3) is 0.391. The lowest BCUT2D eigenvalue weighted by molar-refractivity contribution is 0.314. The van der Waals surface area contributed by atoms with Crippen molar-refractivity contribution < 1.29 is 13.2 Å². The van der Waals surface area contributed by atoms with E-state index < -0.39 is 20.2 Å². The molecule has 3 unspecified atom stereocenters. The number of hydrogen-bond donors (Lipinski definition) is 2. The molecule has 2 heterocycles. The van der Waals surface area contributed by atoms with Crippen LogP contribution >= 0.6 is 10.2 Å². The SMILES string of the molecule is COc1ccc(C)cc1S(=O)(=O)NC1CCCCC1CS1(N)C=NC(c2ccccn2)=C1. The van der Waals surface area contributed by atoms with Crippen molar-refractivity contribution in [2.75, 3.05) is 12.9 Å². The molecule has 9 heteroatoms. The summed E-state index contributed by atoms with van der Waals surface area (Å²) in [6.45, 7) is 1.87. The Hall–Kier alpha value is -2.20. The molecular weight excluding hydrogens is 444 g/mol. The summed E-state index contributed by atoms with van der Waals surface area (Å²) in [6.07, 6.45) is 5.53. The highest BCUT2D eigenvalue weighted by Gasteiger charge is 2.35. The Kier molecular flexibility index (Phi) is 6.71. The highest BCUT2D eigenvalue weighted by Crippen LogP contribution is 2.49. The van der Waals surface area contributed by atoms with Gasteiger partial charge in [-0.05, 0) is 60.9 Å². The van der Waals surface area contributed by atoms with E-state index in [1.54, 1.807) is 18.3 Å². The van der Waals surface area contributed by atoms with Gasteiger partial charge in [-0.1, -0.05) is 25.0 Å². The number of nitrogens with zero attached hydrogens (tertiary/aromatic N) is 2. The van der Waals surface area contributed by atoms with Crippen molar-refractivity contribution in [3.05, 3.63) is 59.3 Å². The lowest BCUT2D eigenvalue weighted by Crippen LogP contribution is -2.44. The molecule has 1 saturated carbocycles. The minimum absolute atomic E-state index is 0.139. The number of nitrogens with one attached hydrogen (secondary N) is 1. The predicted octanol–water partition coefficient (Wildman–Crippen LogP) is 3.95. The number of rotatable bonds is 7. The topological polar surface area (TPSA) is 107 Å². The summed E-state index contributed by atoms with van der Waals surface area (Å²) in [5, 5.41) is 8.78. The Bertz CT molecular complexity index is 1140. The maximum absolute atomic E-state index is 13.3. The van der Waals surface area contributed by atoms with Crippen LogP contribution in [-0.2, 0) is 10.0 Å². The van der Waals surface area contributed by atoms with Gasteiger partial charge in [0.2, 0.25) is 10.0 Å². The summed E-state index contributed by atoms with van der Waals surface area (Å²) in [5.74, 6) is 1.19. The average Bonchev–Trinajstić information content (AvgIpc) is 3.17. The third-order valence-electron chi connectivity index (χ3n) is 5.97. The maximum atomic E-state index is 13.3. The van der Waals surface area contributed by atoms with E-state index in [1.165, 1.54) is 7.11 Å². The van der Waals surface area contributed by atoms with Crippen LogP contribution in [0.5, 0.6) is 5.75 Å². The van der Waals surface area contributed by atoms with Crippen LogP contribution in [0, 0.1) is 12.8 Å². The largest absolute Gasteiger partial charge is 0.495 e. The van der Waals surface area contributed by atoms with Gasteiger partial charge in [-0.25, -0.2) is 18.1 Å². The fourth-order valence-electron chi connectivity index (χ4n) is 4.35. The molecular formula is C23H30N4O3S2. The van der Waals surface area contributed by atoms with Crippen LogP contribution in [0.15, 0.2) is 57.9 Å². The number of nitrogens with two attached hydrogens (primary N) is 1. The molecule has 0 bridgehead atoms. The summed E-state index contributed by atoms with van der Waals surface area (Å²) < 4.78 is 34.8. The number of hydrogen-bond acceptors (Lipinski definition) is 6. The van der Waals surface area contributed by atoms with Crippen LogP contribution in [0.1, 0.15) is 36.9 Å². The van der Waals surface area contributed by atoms with E-state index in [0.29, 0.717) is 11.5 Å². The second-order valence-corrected chi connectivity index (χ2v) is 12.7. The van der Waals surface area contributed by atoms with E-state index in [2.05, 4.69) is 14.7 Å². The number of aryl methyl sites for hydroxylation is 1. The van der Waals surface area contributed by atoms with Crippen LogP contribution in [0.3, 0.4) is 0 Å². The van der Waals surface area contributed by atoms with Crippen molar-refractivity contribution in [1.29, 1.82) is 0 Å². The number of aliphatic imine (C=N–C) groups is 1. The molecule has 2 aliphatic rings. The second kappa shape index (κ2) is 9.35. The van der Waals surface area contributed by atoms with Gasteiger partial charge in [-0.15, -0.1) is 10.2 Å². The molecule has 1 fully saturated rings. The first kappa shape index (κ1) is 23.0. The highest BCUT2D eigenvalue weighted by molar-refractivity contribution is 8.44. The Morgan fingerprint density at radius 3 is 2.78 bits per heavy atom. The van der Waals surface area contributed by atoms with E-state index in [4.69, 9.17) is 9.88 Å². The van der Waals surface area contributed by atoms with Crippen molar-refractivity contribution >= 4 is 31.5 Å². The standard InChI is InChI=1S/C23H30N4O3S2/c1-17-10-11-22(30-2)23(13-17)32(28,29)27-19-8-4-3-7-18(19)14-31(24)15-21(26-16-31)20-9-5-6-12-25-20/h5-6,9-13,15-16,18-19,27H,3-4,7-8,14,24H2,1-2H3. The summed E-state index contributed by atoms with van der Waals surface area (Å²) in [5.41, 5.74) is 4.31. The molecule has 1 aromatic carbocycles. The molecule has 1 aliphatic heterocycles. The van der Waals surface area contributed by atoms with Crippen LogP contribution in [0.2, 0.25) is 0 Å². The molecule has 0 radical (unpaired) electrons. The number of aromatic nitrogens is 1. The van der Waals surface area contributed by atoms with Crippen LogP contribution in [-0.4, -0.2) is 37.9 Å². The quantitative estimate of drug-likeness (QED) is 0.632. The molecule has 1 aromatic heterocycles. The fourth-order valence-corrected chi connectivity index (χ4v) is 8.23. The molecule has 0 amide bonds. The zero-order chi connectivity index (χ0) is 22.8. The first-order valence-corrected chi connectivity index (χ1v) is 14.2. The minimum atomic E-state index is -3.73. The molecule has 172 valence electrons. The van der Waals surface area contributed by atoms with Gasteiger partial charge in [0, 0.05) is 18.0 Å². The monoisotopic (exact) mass is 474 g/mol. The summed E-state index contributed by atoms with van der Waals surface area (Å²) in [6, 6.07) is 10.7. The van der Waals surface area contributed by atoms with Crippen molar-refractivity contribution in [2.45, 2.75) is 43.5 Å².